The minimum Gasteiger partial charge on any atom is -0.507 e. The standard InChI is InChI=1S/C28H39N3O4S/c1-18(2)12-14-31-15-13-21-19(3)25(30-36(7,34)35)20(4)23(26(21)31)16-28(5,6)17-29-27(33)22-10-8-9-11-24(22)32/h8-12,30,32H,13-17H2,1-7H3,(H,29,33). The first-order chi connectivity index (χ1) is 16.7. The summed E-state index contributed by atoms with van der Waals surface area (Å²) in [6, 6.07) is 6.49. The van der Waals surface area contributed by atoms with Crippen LogP contribution in [0.25, 0.3) is 0 Å². The second kappa shape index (κ2) is 10.5. The Labute approximate surface area is 215 Å². The number of carbonyl (C=O) groups is 1. The van der Waals surface area contributed by atoms with Crippen LogP contribution in [0.2, 0.25) is 0 Å². The maximum atomic E-state index is 12.7. The van der Waals surface area contributed by atoms with Gasteiger partial charge < -0.3 is 15.3 Å². The minimum absolute atomic E-state index is 0.0496. The van der Waals surface area contributed by atoms with Gasteiger partial charge in [-0.3, -0.25) is 9.52 Å². The largest absolute Gasteiger partial charge is 0.507 e. The van der Waals surface area contributed by atoms with Crippen molar-refractivity contribution in [3.05, 3.63) is 63.7 Å². The Balaban J connectivity index is 1.98. The van der Waals surface area contributed by atoms with Gasteiger partial charge in [0.25, 0.3) is 5.91 Å². The lowest BCUT2D eigenvalue weighted by Gasteiger charge is -2.31. The summed E-state index contributed by atoms with van der Waals surface area (Å²) in [6.07, 6.45) is 4.89. The molecule has 0 saturated carbocycles. The number of aromatic hydroxyl groups is 1. The van der Waals surface area contributed by atoms with Crippen LogP contribution in [0.4, 0.5) is 11.4 Å². The first kappa shape index (κ1) is 27.6. The lowest BCUT2D eigenvalue weighted by Crippen LogP contribution is -2.36. The number of amides is 1. The number of benzene rings is 2. The number of carbonyl (C=O) groups excluding carboxylic acids is 1. The summed E-state index contributed by atoms with van der Waals surface area (Å²) in [4.78, 5) is 15.1. The Bertz CT molecular complexity index is 1290. The highest BCUT2D eigenvalue weighted by Gasteiger charge is 2.32. The highest BCUT2D eigenvalue weighted by Crippen LogP contribution is 2.43. The molecule has 0 fully saturated rings. The average Bonchev–Trinajstić information content (AvgIpc) is 3.20. The zero-order chi connectivity index (χ0) is 26.8. The zero-order valence-electron chi connectivity index (χ0n) is 22.4. The van der Waals surface area contributed by atoms with Gasteiger partial charge in [0.05, 0.1) is 17.5 Å². The Kier molecular flexibility index (Phi) is 8.08. The lowest BCUT2D eigenvalue weighted by atomic mass is 9.81. The second-order valence-electron chi connectivity index (χ2n) is 10.8. The highest BCUT2D eigenvalue weighted by molar-refractivity contribution is 7.92. The Hall–Kier alpha value is -3.00. The number of anilines is 2. The van der Waals surface area contributed by atoms with Crippen LogP contribution in [0, 0.1) is 19.3 Å². The van der Waals surface area contributed by atoms with Crippen LogP contribution in [-0.2, 0) is 22.9 Å². The van der Waals surface area contributed by atoms with E-state index in [9.17, 15) is 18.3 Å². The van der Waals surface area contributed by atoms with Crippen molar-refractivity contribution in [2.45, 2.75) is 54.4 Å². The van der Waals surface area contributed by atoms with E-state index in [-0.39, 0.29) is 22.6 Å². The van der Waals surface area contributed by atoms with Crippen molar-refractivity contribution < 1.29 is 18.3 Å². The van der Waals surface area contributed by atoms with Gasteiger partial charge in [0.2, 0.25) is 10.0 Å². The molecule has 8 heteroatoms. The van der Waals surface area contributed by atoms with Crippen molar-refractivity contribution in [3.63, 3.8) is 0 Å². The maximum absolute atomic E-state index is 12.7. The molecule has 1 aliphatic heterocycles. The molecule has 7 nitrogen and oxygen atoms in total. The number of hydrogen-bond acceptors (Lipinski definition) is 5. The molecule has 0 aromatic heterocycles. The van der Waals surface area contributed by atoms with E-state index >= 15 is 0 Å². The number of rotatable bonds is 9. The van der Waals surface area contributed by atoms with Gasteiger partial charge in [-0.2, -0.15) is 0 Å². The SMILES string of the molecule is CC(C)=CCN1CCc2c(C)c(NS(C)(=O)=O)c(C)c(CC(C)(C)CNC(=O)c3ccccc3O)c21. The van der Waals surface area contributed by atoms with Crippen LogP contribution in [0.15, 0.2) is 35.9 Å². The molecule has 3 N–H and O–H groups in total. The van der Waals surface area contributed by atoms with Crippen LogP contribution in [0.5, 0.6) is 5.75 Å². The molecule has 0 aliphatic carbocycles. The predicted octanol–water partition coefficient (Wildman–Crippen LogP) is 4.71. The molecule has 0 unspecified atom stereocenters. The normalized spacial score (nSPS) is 13.4. The van der Waals surface area contributed by atoms with E-state index < -0.39 is 10.0 Å². The van der Waals surface area contributed by atoms with Crippen LogP contribution < -0.4 is 14.9 Å². The smallest absolute Gasteiger partial charge is 0.255 e. The highest BCUT2D eigenvalue weighted by atomic mass is 32.2. The van der Waals surface area contributed by atoms with Crippen LogP contribution in [0.3, 0.4) is 0 Å². The van der Waals surface area contributed by atoms with Crippen LogP contribution in [0.1, 0.15) is 60.3 Å². The van der Waals surface area contributed by atoms with Gasteiger partial charge in [0.15, 0.2) is 0 Å². The average molecular weight is 514 g/mol. The summed E-state index contributed by atoms with van der Waals surface area (Å²) in [6.45, 7) is 14.4. The van der Waals surface area contributed by atoms with Gasteiger partial charge >= 0.3 is 0 Å². The quantitative estimate of drug-likeness (QED) is 0.422. The van der Waals surface area contributed by atoms with E-state index in [1.54, 1.807) is 18.2 Å². The molecule has 3 rings (SSSR count). The minimum atomic E-state index is -3.45. The fourth-order valence-corrected chi connectivity index (χ4v) is 5.50. The molecular formula is C28H39N3O4S. The molecule has 0 bridgehead atoms. The van der Waals surface area contributed by atoms with E-state index in [1.807, 2.05) is 13.8 Å². The van der Waals surface area contributed by atoms with Crippen molar-refractivity contribution in [2.24, 2.45) is 5.41 Å². The summed E-state index contributed by atoms with van der Waals surface area (Å²) in [7, 11) is -3.45. The molecule has 2 aromatic carbocycles. The van der Waals surface area contributed by atoms with Crippen LogP contribution >= 0.6 is 0 Å². The Morgan fingerprint density at radius 2 is 1.83 bits per heavy atom. The summed E-state index contributed by atoms with van der Waals surface area (Å²) in [5.41, 5.74) is 7.17. The van der Waals surface area contributed by atoms with Gasteiger partial charge in [-0.05, 0) is 80.3 Å². The number of allylic oxidation sites excluding steroid dienone is 1. The third-order valence-electron chi connectivity index (χ3n) is 6.71. The van der Waals surface area contributed by atoms with Crippen molar-refractivity contribution >= 4 is 27.3 Å². The molecule has 2 aromatic rings. The second-order valence-corrected chi connectivity index (χ2v) is 12.6. The van der Waals surface area contributed by atoms with E-state index in [2.05, 4.69) is 48.7 Å². The van der Waals surface area contributed by atoms with Gasteiger partial charge in [0.1, 0.15) is 5.75 Å². The summed E-state index contributed by atoms with van der Waals surface area (Å²) < 4.78 is 27.1. The van der Waals surface area contributed by atoms with Crippen molar-refractivity contribution in [3.8, 4) is 5.75 Å². The van der Waals surface area contributed by atoms with Gasteiger partial charge in [-0.15, -0.1) is 0 Å². The lowest BCUT2D eigenvalue weighted by molar-refractivity contribution is 0.0933. The van der Waals surface area contributed by atoms with Gasteiger partial charge in [0, 0.05) is 25.3 Å². The summed E-state index contributed by atoms with van der Waals surface area (Å²) in [5.74, 6) is -0.372. The third kappa shape index (κ3) is 6.40. The number of hydrogen-bond donors (Lipinski definition) is 3. The number of nitrogens with one attached hydrogen (secondary N) is 2. The zero-order valence-corrected chi connectivity index (χ0v) is 23.3. The maximum Gasteiger partial charge on any atom is 0.255 e. The van der Waals surface area contributed by atoms with Gasteiger partial charge in [-0.25, -0.2) is 8.42 Å². The monoisotopic (exact) mass is 513 g/mol. The molecule has 1 amide bonds. The fraction of sp³-hybridized carbons (Fsp3) is 0.464. The third-order valence-corrected chi connectivity index (χ3v) is 7.29. The number of para-hydroxylation sites is 1. The Morgan fingerprint density at radius 3 is 2.44 bits per heavy atom. The van der Waals surface area contributed by atoms with Crippen molar-refractivity contribution in [1.29, 1.82) is 0 Å². The van der Waals surface area contributed by atoms with E-state index in [0.29, 0.717) is 18.7 Å². The molecule has 196 valence electrons. The first-order valence-electron chi connectivity index (χ1n) is 12.3. The topological polar surface area (TPSA) is 98.7 Å². The molecule has 36 heavy (non-hydrogen) atoms. The molecule has 0 saturated heterocycles. The van der Waals surface area contributed by atoms with Gasteiger partial charge in [-0.1, -0.05) is 37.6 Å². The van der Waals surface area contributed by atoms with Crippen molar-refractivity contribution in [2.75, 3.05) is 35.5 Å². The molecule has 0 atom stereocenters. The molecule has 1 heterocycles. The fourth-order valence-electron chi connectivity index (χ4n) is 4.82. The van der Waals surface area contributed by atoms with E-state index in [4.69, 9.17) is 0 Å². The summed E-state index contributed by atoms with van der Waals surface area (Å²) in [5, 5.41) is 13.0. The van der Waals surface area contributed by atoms with Crippen LogP contribution in [-0.4, -0.2) is 45.3 Å². The molecule has 0 radical (unpaired) electrons. The summed E-state index contributed by atoms with van der Waals surface area (Å²) >= 11 is 0. The number of fused-ring (bicyclic) bond motifs is 1. The molecule has 1 aliphatic rings. The number of nitrogens with zero attached hydrogens (tertiary/aromatic N) is 1. The van der Waals surface area contributed by atoms with Crippen molar-refractivity contribution in [1.82, 2.24) is 5.32 Å². The molecular weight excluding hydrogens is 474 g/mol. The van der Waals surface area contributed by atoms with E-state index in [1.165, 1.54) is 29.1 Å². The molecule has 0 spiro atoms. The number of phenols is 1. The predicted molar refractivity (Wildman–Crippen MR) is 148 cm³/mol. The van der Waals surface area contributed by atoms with E-state index in [0.717, 1.165) is 36.2 Å². The number of sulfonamides is 1. The first-order valence-corrected chi connectivity index (χ1v) is 14.2. The Morgan fingerprint density at radius 1 is 1.17 bits per heavy atom. The number of phenolic OH excluding ortho intramolecular Hbond substituents is 1.